The third-order valence-electron chi connectivity index (χ3n) is 4.71. The van der Waals surface area contributed by atoms with Crippen LogP contribution in [-0.4, -0.2) is 20.1 Å². The van der Waals surface area contributed by atoms with E-state index in [9.17, 15) is 10.1 Å². The first kappa shape index (κ1) is 20.4. The molecule has 0 atom stereocenters. The van der Waals surface area contributed by atoms with Gasteiger partial charge < -0.3 is 14.8 Å². The average molecular weight is 407 g/mol. The van der Waals surface area contributed by atoms with Crippen LogP contribution in [0.5, 0.6) is 11.5 Å². The number of hydrogen-bond acceptors (Lipinski definition) is 5. The molecule has 148 valence electrons. The summed E-state index contributed by atoms with van der Waals surface area (Å²) in [7, 11) is 3.08. The van der Waals surface area contributed by atoms with Crippen LogP contribution >= 0.6 is 11.3 Å². The lowest BCUT2D eigenvalue weighted by atomic mass is 9.81. The molecule has 0 fully saturated rings. The number of nitriles is 1. The lowest BCUT2D eigenvalue weighted by molar-refractivity contribution is 0.102. The van der Waals surface area contributed by atoms with Crippen LogP contribution in [-0.2, 0) is 5.41 Å². The highest BCUT2D eigenvalue weighted by molar-refractivity contribution is 7.08. The standard InChI is InChI=1S/C23H22N2O3S/c1-23(2,14-24)19-7-6-17(12-18(19)16-9-10-29-13-16)25-22(26)15-5-8-20(27-3)21(11-15)28-4/h5-13H,1-4H3,(H,25,26). The molecule has 1 aromatic heterocycles. The topological polar surface area (TPSA) is 71.3 Å². The molecule has 6 heteroatoms. The van der Waals surface area contributed by atoms with E-state index in [-0.39, 0.29) is 5.91 Å². The van der Waals surface area contributed by atoms with Gasteiger partial charge in [0.2, 0.25) is 0 Å². The Kier molecular flexibility index (Phi) is 5.90. The SMILES string of the molecule is COc1ccc(C(=O)Nc2ccc(C(C)(C)C#N)c(-c3ccsc3)c2)cc1OC. The van der Waals surface area contributed by atoms with Crippen LogP contribution in [0.25, 0.3) is 11.1 Å². The van der Waals surface area contributed by atoms with Crippen LogP contribution < -0.4 is 14.8 Å². The smallest absolute Gasteiger partial charge is 0.255 e. The van der Waals surface area contributed by atoms with Crippen molar-refractivity contribution < 1.29 is 14.3 Å². The first-order chi connectivity index (χ1) is 13.9. The lowest BCUT2D eigenvalue weighted by Gasteiger charge is -2.21. The summed E-state index contributed by atoms with van der Waals surface area (Å²) in [6.45, 7) is 3.78. The van der Waals surface area contributed by atoms with E-state index < -0.39 is 5.41 Å². The molecule has 0 aliphatic carbocycles. The molecule has 5 nitrogen and oxygen atoms in total. The number of anilines is 1. The highest BCUT2D eigenvalue weighted by Gasteiger charge is 2.24. The van der Waals surface area contributed by atoms with Gasteiger partial charge in [0.05, 0.1) is 25.7 Å². The maximum Gasteiger partial charge on any atom is 0.255 e. The minimum atomic E-state index is -0.650. The van der Waals surface area contributed by atoms with Gasteiger partial charge in [0.25, 0.3) is 5.91 Å². The third-order valence-corrected chi connectivity index (χ3v) is 5.39. The van der Waals surface area contributed by atoms with Crippen LogP contribution in [0.15, 0.2) is 53.2 Å². The number of carbonyl (C=O) groups is 1. The molecule has 0 spiro atoms. The molecular weight excluding hydrogens is 384 g/mol. The van der Waals surface area contributed by atoms with Crippen molar-refractivity contribution >= 4 is 22.9 Å². The van der Waals surface area contributed by atoms with Crippen molar-refractivity contribution in [2.75, 3.05) is 19.5 Å². The zero-order valence-electron chi connectivity index (χ0n) is 16.8. The predicted octanol–water partition coefficient (Wildman–Crippen LogP) is 5.49. The van der Waals surface area contributed by atoms with Gasteiger partial charge in [0.1, 0.15) is 0 Å². The summed E-state index contributed by atoms with van der Waals surface area (Å²) in [6, 6.07) is 15.0. The number of thiophene rings is 1. The Morgan fingerprint density at radius 2 is 1.83 bits per heavy atom. The number of methoxy groups -OCH3 is 2. The molecule has 2 aromatic carbocycles. The second-order valence-corrected chi connectivity index (χ2v) is 7.81. The third kappa shape index (κ3) is 4.25. The first-order valence-corrected chi connectivity index (χ1v) is 9.95. The van der Waals surface area contributed by atoms with Crippen LogP contribution in [0.1, 0.15) is 29.8 Å². The number of rotatable bonds is 6. The van der Waals surface area contributed by atoms with E-state index in [1.54, 1.807) is 36.6 Å². The molecule has 0 saturated carbocycles. The number of benzene rings is 2. The zero-order chi connectivity index (χ0) is 21.0. The van der Waals surface area contributed by atoms with Crippen molar-refractivity contribution in [2.24, 2.45) is 0 Å². The highest BCUT2D eigenvalue weighted by atomic mass is 32.1. The van der Waals surface area contributed by atoms with Gasteiger partial charge in [-0.3, -0.25) is 4.79 Å². The van der Waals surface area contributed by atoms with Crippen LogP contribution in [0.2, 0.25) is 0 Å². The second-order valence-electron chi connectivity index (χ2n) is 7.03. The number of hydrogen-bond donors (Lipinski definition) is 1. The Morgan fingerprint density at radius 1 is 1.07 bits per heavy atom. The number of nitrogens with zero attached hydrogens (tertiary/aromatic N) is 1. The molecule has 1 amide bonds. The summed E-state index contributed by atoms with van der Waals surface area (Å²) in [5.74, 6) is 0.798. The van der Waals surface area contributed by atoms with E-state index in [1.165, 1.54) is 7.11 Å². The molecule has 1 N–H and O–H groups in total. The van der Waals surface area contributed by atoms with E-state index in [0.717, 1.165) is 16.7 Å². The summed E-state index contributed by atoms with van der Waals surface area (Å²) in [5, 5.41) is 16.5. The molecule has 0 radical (unpaired) electrons. The Morgan fingerprint density at radius 3 is 2.45 bits per heavy atom. The Hall–Kier alpha value is -3.30. The fourth-order valence-corrected chi connectivity index (χ4v) is 3.72. The van der Waals surface area contributed by atoms with E-state index in [2.05, 4.69) is 11.4 Å². The Bertz CT molecular complexity index is 1070. The largest absolute Gasteiger partial charge is 0.493 e. The predicted molar refractivity (Wildman–Crippen MR) is 116 cm³/mol. The van der Waals surface area contributed by atoms with Gasteiger partial charge in [-0.25, -0.2) is 0 Å². The van der Waals surface area contributed by atoms with Gasteiger partial charge in [0, 0.05) is 11.3 Å². The maximum absolute atomic E-state index is 12.8. The average Bonchev–Trinajstić information content (AvgIpc) is 3.27. The molecule has 1 heterocycles. The van der Waals surface area contributed by atoms with Gasteiger partial charge in [-0.2, -0.15) is 16.6 Å². The van der Waals surface area contributed by atoms with E-state index in [0.29, 0.717) is 22.7 Å². The molecule has 0 unspecified atom stereocenters. The Labute approximate surface area is 174 Å². The highest BCUT2D eigenvalue weighted by Crippen LogP contribution is 2.36. The quantitative estimate of drug-likeness (QED) is 0.588. The molecule has 0 bridgehead atoms. The van der Waals surface area contributed by atoms with Gasteiger partial charge >= 0.3 is 0 Å². The molecule has 3 aromatic rings. The van der Waals surface area contributed by atoms with Crippen LogP contribution in [0.3, 0.4) is 0 Å². The molecular formula is C23H22N2O3S. The summed E-state index contributed by atoms with van der Waals surface area (Å²) in [4.78, 5) is 12.8. The first-order valence-electron chi connectivity index (χ1n) is 9.01. The molecule has 0 aliphatic heterocycles. The minimum Gasteiger partial charge on any atom is -0.493 e. The van der Waals surface area contributed by atoms with Crippen molar-refractivity contribution in [1.29, 1.82) is 5.26 Å². The fraction of sp³-hybridized carbons (Fsp3) is 0.217. The molecule has 29 heavy (non-hydrogen) atoms. The number of carbonyl (C=O) groups excluding carboxylic acids is 1. The van der Waals surface area contributed by atoms with Crippen molar-refractivity contribution in [2.45, 2.75) is 19.3 Å². The fourth-order valence-electron chi connectivity index (χ4n) is 3.06. The van der Waals surface area contributed by atoms with Crippen molar-refractivity contribution in [3.63, 3.8) is 0 Å². The molecule has 0 saturated heterocycles. The summed E-state index contributed by atoms with van der Waals surface area (Å²) in [6.07, 6.45) is 0. The second kappa shape index (κ2) is 8.38. The van der Waals surface area contributed by atoms with Gasteiger partial charge in [0.15, 0.2) is 11.5 Å². The van der Waals surface area contributed by atoms with Gasteiger partial charge in [-0.15, -0.1) is 0 Å². The van der Waals surface area contributed by atoms with E-state index in [4.69, 9.17) is 9.47 Å². The minimum absolute atomic E-state index is 0.255. The van der Waals surface area contributed by atoms with Crippen molar-refractivity contribution in [1.82, 2.24) is 0 Å². The van der Waals surface area contributed by atoms with E-state index >= 15 is 0 Å². The Balaban J connectivity index is 1.95. The summed E-state index contributed by atoms with van der Waals surface area (Å²) in [5.41, 5.74) is 3.34. The number of amides is 1. The lowest BCUT2D eigenvalue weighted by Crippen LogP contribution is -2.16. The number of ether oxygens (including phenoxy) is 2. The van der Waals surface area contributed by atoms with Gasteiger partial charge in [-0.1, -0.05) is 6.07 Å². The monoisotopic (exact) mass is 406 g/mol. The molecule has 0 aliphatic rings. The van der Waals surface area contributed by atoms with Gasteiger partial charge in [-0.05, 0) is 77.7 Å². The summed E-state index contributed by atoms with van der Waals surface area (Å²) >= 11 is 1.59. The molecule has 3 rings (SSSR count). The number of nitrogens with one attached hydrogen (secondary N) is 1. The van der Waals surface area contributed by atoms with Crippen molar-refractivity contribution in [3.05, 3.63) is 64.4 Å². The van der Waals surface area contributed by atoms with E-state index in [1.807, 2.05) is 48.9 Å². The van der Waals surface area contributed by atoms with Crippen LogP contribution in [0.4, 0.5) is 5.69 Å². The van der Waals surface area contributed by atoms with Crippen molar-refractivity contribution in [3.8, 4) is 28.7 Å². The summed E-state index contributed by atoms with van der Waals surface area (Å²) < 4.78 is 10.5. The normalized spacial score (nSPS) is 10.9. The zero-order valence-corrected chi connectivity index (χ0v) is 17.6. The maximum atomic E-state index is 12.8. The van der Waals surface area contributed by atoms with Crippen LogP contribution in [0, 0.1) is 11.3 Å².